The van der Waals surface area contributed by atoms with E-state index in [0.717, 1.165) is 0 Å². The van der Waals surface area contributed by atoms with Crippen LogP contribution < -0.4 is 11.3 Å². The highest BCUT2D eigenvalue weighted by atomic mass is 79.9. The van der Waals surface area contributed by atoms with Crippen molar-refractivity contribution in [2.45, 2.75) is 6.04 Å². The minimum Gasteiger partial charge on any atom is -0.448 e. The molecule has 96 valence electrons. The Hall–Kier alpha value is -0.590. The van der Waals surface area contributed by atoms with Gasteiger partial charge in [0.05, 0.1) is 5.02 Å². The van der Waals surface area contributed by atoms with E-state index in [1.54, 1.807) is 24.3 Å². The Balaban J connectivity index is 2.49. The monoisotopic (exact) mass is 352 g/mol. The largest absolute Gasteiger partial charge is 0.448 e. The number of rotatable bonds is 3. The zero-order valence-corrected chi connectivity index (χ0v) is 12.0. The number of nitrogens with two attached hydrogens (primary N) is 1. The summed E-state index contributed by atoms with van der Waals surface area (Å²) in [5.74, 6) is 5.26. The second-order valence-electron chi connectivity index (χ2n) is 3.51. The molecule has 0 spiro atoms. The number of halogens is 4. The molecular formula is C11H8BrCl2FN2O. The van der Waals surface area contributed by atoms with Crippen LogP contribution in [-0.4, -0.2) is 0 Å². The molecule has 18 heavy (non-hydrogen) atoms. The Bertz CT molecular complexity index is 576. The zero-order chi connectivity index (χ0) is 13.3. The van der Waals surface area contributed by atoms with Gasteiger partial charge in [-0.2, -0.15) is 0 Å². The number of hydrogen-bond donors (Lipinski definition) is 2. The first-order chi connectivity index (χ1) is 8.54. The van der Waals surface area contributed by atoms with Gasteiger partial charge < -0.3 is 4.42 Å². The number of hydrogen-bond acceptors (Lipinski definition) is 3. The first kappa shape index (κ1) is 13.8. The van der Waals surface area contributed by atoms with Gasteiger partial charge in [0.2, 0.25) is 0 Å². The topological polar surface area (TPSA) is 51.2 Å². The predicted octanol–water partition coefficient (Wildman–Crippen LogP) is 4.04. The molecule has 3 N–H and O–H groups in total. The van der Waals surface area contributed by atoms with Crippen molar-refractivity contribution in [1.29, 1.82) is 0 Å². The molecule has 0 aliphatic heterocycles. The summed E-state index contributed by atoms with van der Waals surface area (Å²) in [6, 6.07) is 5.70. The van der Waals surface area contributed by atoms with Gasteiger partial charge in [-0.3, -0.25) is 5.84 Å². The molecule has 0 amide bonds. The smallest absolute Gasteiger partial charge is 0.193 e. The molecule has 1 unspecified atom stereocenters. The fraction of sp³-hybridized carbons (Fsp3) is 0.0909. The summed E-state index contributed by atoms with van der Waals surface area (Å²) in [4.78, 5) is 0. The third-order valence-electron chi connectivity index (χ3n) is 2.42. The van der Waals surface area contributed by atoms with Crippen molar-refractivity contribution in [2.75, 3.05) is 0 Å². The fourth-order valence-corrected chi connectivity index (χ4v) is 2.20. The van der Waals surface area contributed by atoms with Crippen LogP contribution in [0, 0.1) is 5.82 Å². The van der Waals surface area contributed by atoms with Gasteiger partial charge >= 0.3 is 0 Å². The summed E-state index contributed by atoms with van der Waals surface area (Å²) in [7, 11) is 0. The van der Waals surface area contributed by atoms with E-state index in [-0.39, 0.29) is 15.8 Å². The summed E-state index contributed by atoms with van der Waals surface area (Å²) >= 11 is 14.7. The molecular weight excluding hydrogens is 346 g/mol. The lowest BCUT2D eigenvalue weighted by atomic mass is 10.0. The first-order valence-corrected chi connectivity index (χ1v) is 6.44. The van der Waals surface area contributed by atoms with Gasteiger partial charge in [0, 0.05) is 10.0 Å². The molecule has 0 saturated carbocycles. The molecule has 1 atom stereocenters. The van der Waals surface area contributed by atoms with Crippen molar-refractivity contribution in [3.8, 4) is 0 Å². The molecule has 1 aromatic carbocycles. The summed E-state index contributed by atoms with van der Waals surface area (Å²) < 4.78 is 19.7. The lowest BCUT2D eigenvalue weighted by Gasteiger charge is -2.15. The molecule has 0 saturated heterocycles. The molecule has 0 aliphatic rings. The summed E-state index contributed by atoms with van der Waals surface area (Å²) in [5, 5.41) is 0.194. The van der Waals surface area contributed by atoms with Gasteiger partial charge in [0.25, 0.3) is 0 Å². The zero-order valence-electron chi connectivity index (χ0n) is 8.88. The van der Waals surface area contributed by atoms with Crippen molar-refractivity contribution in [3.63, 3.8) is 0 Å². The van der Waals surface area contributed by atoms with E-state index in [2.05, 4.69) is 21.4 Å². The highest BCUT2D eigenvalue weighted by Crippen LogP contribution is 2.33. The Morgan fingerprint density at radius 3 is 2.56 bits per heavy atom. The predicted molar refractivity (Wildman–Crippen MR) is 72.0 cm³/mol. The van der Waals surface area contributed by atoms with Gasteiger partial charge in [-0.25, -0.2) is 9.82 Å². The maximum atomic E-state index is 14.1. The van der Waals surface area contributed by atoms with Crippen LogP contribution in [-0.2, 0) is 0 Å². The first-order valence-electron chi connectivity index (χ1n) is 4.89. The molecule has 0 aliphatic carbocycles. The molecule has 2 aromatic rings. The van der Waals surface area contributed by atoms with E-state index >= 15 is 0 Å². The summed E-state index contributed by atoms with van der Waals surface area (Å²) in [6.45, 7) is 0. The third-order valence-corrected chi connectivity index (χ3v) is 3.88. The van der Waals surface area contributed by atoms with Gasteiger partial charge in [0.1, 0.15) is 17.6 Å². The average molecular weight is 354 g/mol. The fourth-order valence-electron chi connectivity index (χ4n) is 1.57. The van der Waals surface area contributed by atoms with Crippen LogP contribution in [0.25, 0.3) is 0 Å². The second-order valence-corrected chi connectivity index (χ2v) is 5.11. The maximum absolute atomic E-state index is 14.1. The number of hydrazine groups is 1. The van der Waals surface area contributed by atoms with Crippen LogP contribution in [0.1, 0.15) is 17.4 Å². The van der Waals surface area contributed by atoms with Crippen LogP contribution in [0.3, 0.4) is 0 Å². The molecule has 2 rings (SSSR count). The Morgan fingerprint density at radius 2 is 2.00 bits per heavy atom. The van der Waals surface area contributed by atoms with Crippen molar-refractivity contribution in [2.24, 2.45) is 5.84 Å². The second kappa shape index (κ2) is 5.59. The van der Waals surface area contributed by atoms with Crippen molar-refractivity contribution in [3.05, 3.63) is 56.1 Å². The quantitative estimate of drug-likeness (QED) is 0.497. The molecule has 0 fully saturated rings. The van der Waals surface area contributed by atoms with E-state index in [1.165, 1.54) is 0 Å². The highest BCUT2D eigenvalue weighted by Gasteiger charge is 2.22. The minimum absolute atomic E-state index is 0.00889. The van der Waals surface area contributed by atoms with Gasteiger partial charge in [-0.1, -0.05) is 17.7 Å². The van der Waals surface area contributed by atoms with Crippen molar-refractivity contribution >= 4 is 39.1 Å². The number of benzene rings is 1. The Morgan fingerprint density at radius 1 is 1.28 bits per heavy atom. The van der Waals surface area contributed by atoms with Gasteiger partial charge in [-0.05, 0) is 45.7 Å². The van der Waals surface area contributed by atoms with E-state index in [1.807, 2.05) is 0 Å². The SMILES string of the molecule is NNC(c1ccc(Cl)o1)c1ccc(Br)c(Cl)c1F. The Labute approximate surface area is 121 Å². The molecule has 7 heteroatoms. The molecule has 0 bridgehead atoms. The average Bonchev–Trinajstić information content (AvgIpc) is 2.77. The number of furan rings is 1. The lowest BCUT2D eigenvalue weighted by molar-refractivity contribution is 0.442. The normalized spacial score (nSPS) is 12.7. The van der Waals surface area contributed by atoms with Crippen LogP contribution in [0.5, 0.6) is 0 Å². The van der Waals surface area contributed by atoms with Crippen LogP contribution in [0.15, 0.2) is 33.2 Å². The molecule has 0 radical (unpaired) electrons. The van der Waals surface area contributed by atoms with Gasteiger partial charge in [-0.15, -0.1) is 0 Å². The molecule has 3 nitrogen and oxygen atoms in total. The van der Waals surface area contributed by atoms with Crippen LogP contribution in [0.2, 0.25) is 10.2 Å². The van der Waals surface area contributed by atoms with Crippen molar-refractivity contribution in [1.82, 2.24) is 5.43 Å². The maximum Gasteiger partial charge on any atom is 0.193 e. The van der Waals surface area contributed by atoms with E-state index < -0.39 is 11.9 Å². The van der Waals surface area contributed by atoms with E-state index in [0.29, 0.717) is 10.2 Å². The minimum atomic E-state index is -0.664. The molecule has 1 aromatic heterocycles. The lowest BCUT2D eigenvalue weighted by Crippen LogP contribution is -2.29. The standard InChI is InChI=1S/C11H8BrCl2FN2O/c12-6-2-1-5(10(15)9(6)14)11(17-16)7-3-4-8(13)18-7/h1-4,11,17H,16H2. The molecule has 1 heterocycles. The van der Waals surface area contributed by atoms with E-state index in [4.69, 9.17) is 33.5 Å². The van der Waals surface area contributed by atoms with Crippen molar-refractivity contribution < 1.29 is 8.81 Å². The summed E-state index contributed by atoms with van der Waals surface area (Å²) in [5.41, 5.74) is 2.74. The van der Waals surface area contributed by atoms with Crippen LogP contribution in [0.4, 0.5) is 4.39 Å². The Kier molecular flexibility index (Phi) is 4.29. The summed E-state index contributed by atoms with van der Waals surface area (Å²) in [6.07, 6.45) is 0. The van der Waals surface area contributed by atoms with E-state index in [9.17, 15) is 4.39 Å². The number of nitrogens with one attached hydrogen (secondary N) is 1. The highest BCUT2D eigenvalue weighted by molar-refractivity contribution is 9.10. The van der Waals surface area contributed by atoms with Gasteiger partial charge in [0.15, 0.2) is 5.22 Å². The van der Waals surface area contributed by atoms with Crippen LogP contribution >= 0.6 is 39.1 Å². The third kappa shape index (κ3) is 2.55.